The Kier molecular flexibility index (Phi) is 7.81. The van der Waals surface area contributed by atoms with E-state index in [0.717, 1.165) is 21.2 Å². The summed E-state index contributed by atoms with van der Waals surface area (Å²) in [6, 6.07) is 15.3. The molecule has 2 rings (SSSR count). The van der Waals surface area contributed by atoms with E-state index >= 15 is 0 Å². The van der Waals surface area contributed by atoms with E-state index in [-0.39, 0.29) is 0 Å². The number of hydrogen-bond acceptors (Lipinski definition) is 3. The average Bonchev–Trinajstić information content (AvgIpc) is 2.56. The van der Waals surface area contributed by atoms with Crippen LogP contribution >= 0.6 is 23.2 Å². The Labute approximate surface area is 146 Å². The molecule has 0 aromatic heterocycles. The molecule has 0 aliphatic heterocycles. The van der Waals surface area contributed by atoms with Crippen LogP contribution in [0, 0.1) is 0 Å². The number of hydrogen-bond donors (Lipinski definition) is 0. The van der Waals surface area contributed by atoms with Gasteiger partial charge in [0.25, 0.3) is 0 Å². The van der Waals surface area contributed by atoms with Gasteiger partial charge in [0.1, 0.15) is 0 Å². The first kappa shape index (κ1) is 17.7. The summed E-state index contributed by atoms with van der Waals surface area (Å²) in [7, 11) is 0. The Balaban J connectivity index is 1.56. The highest BCUT2D eigenvalue weighted by molar-refractivity contribution is 6.30. The lowest BCUT2D eigenvalue weighted by Crippen LogP contribution is -1.99. The first-order chi connectivity index (χ1) is 11.2. The van der Waals surface area contributed by atoms with Crippen LogP contribution in [0.4, 0.5) is 0 Å². The van der Waals surface area contributed by atoms with Crippen molar-refractivity contribution in [2.45, 2.75) is 13.1 Å². The Morgan fingerprint density at radius 3 is 1.48 bits per heavy atom. The second-order valence-corrected chi connectivity index (χ2v) is 5.71. The zero-order valence-electron chi connectivity index (χ0n) is 12.7. The van der Waals surface area contributed by atoms with Gasteiger partial charge in [-0.3, -0.25) is 9.98 Å². The SMILES string of the molecule is Clc1ccc(CN=CCOCC=NCc2ccc(Cl)cc2)cc1. The summed E-state index contributed by atoms with van der Waals surface area (Å²) in [4.78, 5) is 8.59. The highest BCUT2D eigenvalue weighted by atomic mass is 35.5. The van der Waals surface area contributed by atoms with Crippen molar-refractivity contribution in [3.05, 3.63) is 69.7 Å². The molecule has 0 radical (unpaired) electrons. The molecule has 0 atom stereocenters. The molecule has 0 aliphatic rings. The molecule has 0 heterocycles. The molecule has 0 unspecified atom stereocenters. The van der Waals surface area contributed by atoms with Crippen LogP contribution in [-0.2, 0) is 17.8 Å². The van der Waals surface area contributed by atoms with E-state index in [1.54, 1.807) is 12.4 Å². The van der Waals surface area contributed by atoms with Crippen LogP contribution in [0.5, 0.6) is 0 Å². The van der Waals surface area contributed by atoms with Crippen LogP contribution in [0.1, 0.15) is 11.1 Å². The maximum absolute atomic E-state index is 5.83. The summed E-state index contributed by atoms with van der Waals surface area (Å²) in [5, 5.41) is 1.47. The van der Waals surface area contributed by atoms with E-state index < -0.39 is 0 Å². The molecule has 0 saturated carbocycles. The predicted molar refractivity (Wildman–Crippen MR) is 98.1 cm³/mol. The van der Waals surface area contributed by atoms with Gasteiger partial charge in [0.2, 0.25) is 0 Å². The minimum Gasteiger partial charge on any atom is -0.370 e. The smallest absolute Gasteiger partial charge is 0.0819 e. The zero-order chi connectivity index (χ0) is 16.3. The molecule has 5 heteroatoms. The van der Waals surface area contributed by atoms with Gasteiger partial charge in [-0.1, -0.05) is 47.5 Å². The number of rotatable bonds is 8. The van der Waals surface area contributed by atoms with E-state index in [0.29, 0.717) is 26.3 Å². The van der Waals surface area contributed by atoms with Gasteiger partial charge < -0.3 is 4.74 Å². The van der Waals surface area contributed by atoms with Crippen molar-refractivity contribution >= 4 is 35.6 Å². The van der Waals surface area contributed by atoms with Gasteiger partial charge in [0.05, 0.1) is 26.3 Å². The van der Waals surface area contributed by atoms with Gasteiger partial charge in [-0.05, 0) is 35.4 Å². The third-order valence-electron chi connectivity index (χ3n) is 3.02. The minimum absolute atomic E-state index is 0.473. The summed E-state index contributed by atoms with van der Waals surface area (Å²) in [5.41, 5.74) is 2.24. The van der Waals surface area contributed by atoms with Crippen LogP contribution in [0.2, 0.25) is 10.0 Å². The number of benzene rings is 2. The maximum Gasteiger partial charge on any atom is 0.0819 e. The summed E-state index contributed by atoms with van der Waals surface area (Å²) >= 11 is 11.7. The van der Waals surface area contributed by atoms with Crippen molar-refractivity contribution in [1.29, 1.82) is 0 Å². The quantitative estimate of drug-likeness (QED) is 0.495. The summed E-state index contributed by atoms with van der Waals surface area (Å²) < 4.78 is 5.41. The summed E-state index contributed by atoms with van der Waals surface area (Å²) in [5.74, 6) is 0. The highest BCUT2D eigenvalue weighted by Crippen LogP contribution is 2.10. The van der Waals surface area contributed by atoms with Crippen LogP contribution in [0.3, 0.4) is 0 Å². The predicted octanol–water partition coefficient (Wildman–Crippen LogP) is 4.85. The molecule has 0 saturated heterocycles. The van der Waals surface area contributed by atoms with E-state index in [1.807, 2.05) is 48.5 Å². The molecular weight excluding hydrogens is 331 g/mol. The number of nitrogens with zero attached hydrogens (tertiary/aromatic N) is 2. The molecule has 0 aliphatic carbocycles. The molecule has 0 bridgehead atoms. The molecule has 120 valence electrons. The molecule has 0 amide bonds. The first-order valence-electron chi connectivity index (χ1n) is 7.27. The third-order valence-corrected chi connectivity index (χ3v) is 3.52. The van der Waals surface area contributed by atoms with Gasteiger partial charge in [0.15, 0.2) is 0 Å². The molecule has 2 aromatic carbocycles. The Morgan fingerprint density at radius 2 is 1.09 bits per heavy atom. The second-order valence-electron chi connectivity index (χ2n) is 4.84. The van der Waals surface area contributed by atoms with Crippen molar-refractivity contribution < 1.29 is 4.74 Å². The molecule has 0 spiro atoms. The first-order valence-corrected chi connectivity index (χ1v) is 8.03. The molecule has 0 N–H and O–H groups in total. The molecular formula is C18H18Cl2N2O. The Bertz CT molecular complexity index is 580. The van der Waals surface area contributed by atoms with Gasteiger partial charge >= 0.3 is 0 Å². The van der Waals surface area contributed by atoms with Crippen LogP contribution < -0.4 is 0 Å². The lowest BCUT2D eigenvalue weighted by molar-refractivity contribution is 0.220. The van der Waals surface area contributed by atoms with Crippen LogP contribution in [-0.4, -0.2) is 25.6 Å². The summed E-state index contributed by atoms with van der Waals surface area (Å²) in [6.45, 7) is 2.21. The topological polar surface area (TPSA) is 34.0 Å². The largest absolute Gasteiger partial charge is 0.370 e. The summed E-state index contributed by atoms with van der Waals surface area (Å²) in [6.07, 6.45) is 3.53. The van der Waals surface area contributed by atoms with Crippen molar-refractivity contribution in [2.75, 3.05) is 13.2 Å². The number of aliphatic imine (C=N–C) groups is 2. The van der Waals surface area contributed by atoms with E-state index in [4.69, 9.17) is 27.9 Å². The fraction of sp³-hybridized carbons (Fsp3) is 0.222. The van der Waals surface area contributed by atoms with E-state index in [9.17, 15) is 0 Å². The minimum atomic E-state index is 0.473. The van der Waals surface area contributed by atoms with Crippen molar-refractivity contribution in [3.8, 4) is 0 Å². The maximum atomic E-state index is 5.83. The van der Waals surface area contributed by atoms with E-state index in [1.165, 1.54) is 0 Å². The fourth-order valence-electron chi connectivity index (χ4n) is 1.80. The number of halogens is 2. The monoisotopic (exact) mass is 348 g/mol. The van der Waals surface area contributed by atoms with Gasteiger partial charge in [-0.2, -0.15) is 0 Å². The van der Waals surface area contributed by atoms with Crippen molar-refractivity contribution in [1.82, 2.24) is 0 Å². The van der Waals surface area contributed by atoms with Crippen molar-refractivity contribution in [2.24, 2.45) is 9.98 Å². The van der Waals surface area contributed by atoms with Gasteiger partial charge in [0, 0.05) is 22.5 Å². The Hall–Kier alpha value is -1.68. The lowest BCUT2D eigenvalue weighted by atomic mass is 10.2. The fourth-order valence-corrected chi connectivity index (χ4v) is 2.05. The van der Waals surface area contributed by atoms with Gasteiger partial charge in [-0.25, -0.2) is 0 Å². The number of ether oxygens (including phenoxy) is 1. The lowest BCUT2D eigenvalue weighted by Gasteiger charge is -1.98. The second kappa shape index (κ2) is 10.2. The average molecular weight is 349 g/mol. The highest BCUT2D eigenvalue weighted by Gasteiger charge is 1.91. The molecule has 2 aromatic rings. The molecule has 0 fully saturated rings. The van der Waals surface area contributed by atoms with E-state index in [2.05, 4.69) is 9.98 Å². The molecule has 3 nitrogen and oxygen atoms in total. The van der Waals surface area contributed by atoms with Gasteiger partial charge in [-0.15, -0.1) is 0 Å². The normalized spacial score (nSPS) is 11.6. The van der Waals surface area contributed by atoms with Crippen LogP contribution in [0.25, 0.3) is 0 Å². The standard InChI is InChI=1S/C18H18Cl2N2O/c19-17-5-1-15(2-6-17)13-21-9-11-23-12-10-22-14-16-3-7-18(20)8-4-16/h1-10H,11-14H2. The van der Waals surface area contributed by atoms with Crippen LogP contribution in [0.15, 0.2) is 58.5 Å². The molecule has 23 heavy (non-hydrogen) atoms. The third kappa shape index (κ3) is 7.42. The van der Waals surface area contributed by atoms with Crippen molar-refractivity contribution in [3.63, 3.8) is 0 Å². The zero-order valence-corrected chi connectivity index (χ0v) is 14.2. The Morgan fingerprint density at radius 1 is 0.696 bits per heavy atom.